The van der Waals surface area contributed by atoms with E-state index in [2.05, 4.69) is 49.4 Å². The summed E-state index contributed by atoms with van der Waals surface area (Å²) < 4.78 is 0. The van der Waals surface area contributed by atoms with E-state index in [9.17, 15) is 9.90 Å². The lowest BCUT2D eigenvalue weighted by Gasteiger charge is -2.54. The van der Waals surface area contributed by atoms with Gasteiger partial charge in [0.05, 0.1) is 0 Å². The molecule has 3 unspecified atom stereocenters. The fourth-order valence-corrected chi connectivity index (χ4v) is 6.81. The van der Waals surface area contributed by atoms with Gasteiger partial charge in [0, 0.05) is 12.8 Å². The van der Waals surface area contributed by atoms with Gasteiger partial charge in [0.2, 0.25) is 0 Å². The molecule has 2 aromatic carbocycles. The molecule has 1 N–H and O–H groups in total. The Morgan fingerprint density at radius 2 is 1.86 bits per heavy atom. The molecule has 0 heterocycles. The van der Waals surface area contributed by atoms with E-state index in [1.165, 1.54) is 36.0 Å². The third kappa shape index (κ3) is 3.41. The van der Waals surface area contributed by atoms with Crippen LogP contribution in [0.4, 0.5) is 0 Å². The van der Waals surface area contributed by atoms with Crippen molar-refractivity contribution in [1.82, 2.24) is 0 Å². The van der Waals surface area contributed by atoms with Crippen LogP contribution in [-0.2, 0) is 24.1 Å². The van der Waals surface area contributed by atoms with Gasteiger partial charge in [-0.3, -0.25) is 4.79 Å². The lowest BCUT2D eigenvalue weighted by molar-refractivity contribution is -0.129. The van der Waals surface area contributed by atoms with Crippen molar-refractivity contribution in [3.8, 4) is 5.75 Å². The number of carbonyl (C=O) groups excluding carboxylic acids is 1. The summed E-state index contributed by atoms with van der Waals surface area (Å²) in [5.74, 6) is 2.96. The van der Waals surface area contributed by atoms with E-state index in [0.29, 0.717) is 29.3 Å². The van der Waals surface area contributed by atoms with Gasteiger partial charge in [0.1, 0.15) is 11.5 Å². The summed E-state index contributed by atoms with van der Waals surface area (Å²) >= 11 is 0. The first-order chi connectivity index (χ1) is 14.0. The molecular formula is C27H32O2. The number of aryl methyl sites for hydroxylation is 3. The Hall–Kier alpha value is -2.09. The van der Waals surface area contributed by atoms with Crippen LogP contribution < -0.4 is 0 Å². The smallest absolute Gasteiger partial charge is 0.133 e. The SMILES string of the molecule is C[C@]12CCC3c4cc(CCc5ccccc5)c(O)cc4CCC3C1CCC(=O)C2. The Labute approximate surface area is 174 Å². The van der Waals surface area contributed by atoms with Crippen LogP contribution in [0.3, 0.4) is 0 Å². The van der Waals surface area contributed by atoms with Gasteiger partial charge >= 0.3 is 0 Å². The van der Waals surface area contributed by atoms with Crippen LogP contribution in [0.2, 0.25) is 0 Å². The van der Waals surface area contributed by atoms with Crippen molar-refractivity contribution in [2.45, 2.75) is 70.6 Å². The summed E-state index contributed by atoms with van der Waals surface area (Å²) in [5, 5.41) is 10.7. The molecule has 0 aliphatic heterocycles. The van der Waals surface area contributed by atoms with Crippen molar-refractivity contribution < 1.29 is 9.90 Å². The summed E-state index contributed by atoms with van der Waals surface area (Å²) in [4.78, 5) is 12.1. The Balaban J connectivity index is 1.41. The molecule has 2 saturated carbocycles. The van der Waals surface area contributed by atoms with Gasteiger partial charge in [0.25, 0.3) is 0 Å². The first-order valence-corrected chi connectivity index (χ1v) is 11.4. The second kappa shape index (κ2) is 7.31. The highest BCUT2D eigenvalue weighted by molar-refractivity contribution is 5.80. The quantitative estimate of drug-likeness (QED) is 0.701. The summed E-state index contributed by atoms with van der Waals surface area (Å²) in [7, 11) is 0. The molecule has 0 bridgehead atoms. The van der Waals surface area contributed by atoms with E-state index in [4.69, 9.17) is 0 Å². The molecule has 0 aromatic heterocycles. The first-order valence-electron chi connectivity index (χ1n) is 11.4. The van der Waals surface area contributed by atoms with Crippen molar-refractivity contribution in [3.63, 3.8) is 0 Å². The number of Topliss-reactive ketones (excluding diaryl/α,β-unsaturated/α-hetero) is 1. The zero-order chi connectivity index (χ0) is 20.0. The van der Waals surface area contributed by atoms with E-state index in [-0.39, 0.29) is 5.41 Å². The average Bonchev–Trinajstić information content (AvgIpc) is 2.71. The normalized spacial score (nSPS) is 30.9. The van der Waals surface area contributed by atoms with E-state index >= 15 is 0 Å². The van der Waals surface area contributed by atoms with Gasteiger partial charge in [0.15, 0.2) is 0 Å². The van der Waals surface area contributed by atoms with Gasteiger partial charge in [-0.1, -0.05) is 43.3 Å². The van der Waals surface area contributed by atoms with Crippen LogP contribution in [0.15, 0.2) is 42.5 Å². The molecule has 3 aliphatic rings. The zero-order valence-corrected chi connectivity index (χ0v) is 17.5. The molecule has 0 spiro atoms. The van der Waals surface area contributed by atoms with Gasteiger partial charge in [-0.2, -0.15) is 0 Å². The number of fused-ring (bicyclic) bond motifs is 5. The second-order valence-electron chi connectivity index (χ2n) is 10.0. The van der Waals surface area contributed by atoms with Crippen molar-refractivity contribution in [1.29, 1.82) is 0 Å². The molecule has 0 amide bonds. The Bertz CT molecular complexity index is 916. The molecule has 2 aromatic rings. The van der Waals surface area contributed by atoms with Crippen molar-refractivity contribution >= 4 is 5.78 Å². The van der Waals surface area contributed by atoms with Crippen LogP contribution in [0, 0.1) is 17.3 Å². The highest BCUT2D eigenvalue weighted by atomic mass is 16.3. The molecule has 2 fully saturated rings. The molecule has 2 nitrogen and oxygen atoms in total. The van der Waals surface area contributed by atoms with Gasteiger partial charge in [-0.15, -0.1) is 0 Å². The maximum atomic E-state index is 12.1. The molecule has 0 radical (unpaired) electrons. The molecule has 0 saturated heterocycles. The Morgan fingerprint density at radius 3 is 2.69 bits per heavy atom. The third-order valence-electron chi connectivity index (χ3n) is 8.30. The highest BCUT2D eigenvalue weighted by Crippen LogP contribution is 2.59. The first kappa shape index (κ1) is 18.9. The standard InChI is InChI=1S/C27H32O2/c1-27-14-13-22-23(25(27)12-10-21(28)17-27)11-9-19-16-26(29)20(15-24(19)22)8-7-18-5-3-2-4-6-18/h2-6,15-16,22-23,25,29H,7-14,17H2,1H3/t22?,23?,25?,27-/m1/s1. The van der Waals surface area contributed by atoms with E-state index in [1.807, 2.05) is 0 Å². The average molecular weight is 389 g/mol. The fraction of sp³-hybridized carbons (Fsp3) is 0.519. The molecule has 4 atom stereocenters. The molecule has 5 rings (SSSR count). The van der Waals surface area contributed by atoms with Gasteiger partial charge < -0.3 is 5.11 Å². The largest absolute Gasteiger partial charge is 0.508 e. The lowest BCUT2D eigenvalue weighted by Crippen LogP contribution is -2.46. The number of hydrogen-bond acceptors (Lipinski definition) is 2. The predicted molar refractivity (Wildman–Crippen MR) is 116 cm³/mol. The molecular weight excluding hydrogens is 356 g/mol. The summed E-state index contributed by atoms with van der Waals surface area (Å²) in [5.41, 5.74) is 5.51. The predicted octanol–water partition coefficient (Wildman–Crippen LogP) is 5.99. The van der Waals surface area contributed by atoms with Gasteiger partial charge in [-0.25, -0.2) is 0 Å². The van der Waals surface area contributed by atoms with Crippen LogP contribution in [0.5, 0.6) is 5.75 Å². The topological polar surface area (TPSA) is 37.3 Å². The highest BCUT2D eigenvalue weighted by Gasteiger charge is 2.50. The second-order valence-corrected chi connectivity index (χ2v) is 10.0. The molecule has 152 valence electrons. The summed E-state index contributed by atoms with van der Waals surface area (Å²) in [6.07, 6.45) is 9.18. The van der Waals surface area contributed by atoms with E-state index in [0.717, 1.165) is 44.1 Å². The maximum absolute atomic E-state index is 12.1. The van der Waals surface area contributed by atoms with Gasteiger partial charge in [-0.05, 0) is 96.4 Å². The van der Waals surface area contributed by atoms with E-state index in [1.54, 1.807) is 0 Å². The van der Waals surface area contributed by atoms with Crippen LogP contribution in [-0.4, -0.2) is 10.9 Å². The van der Waals surface area contributed by atoms with Crippen molar-refractivity contribution in [2.24, 2.45) is 17.3 Å². The minimum atomic E-state index is 0.223. The third-order valence-corrected chi connectivity index (χ3v) is 8.30. The maximum Gasteiger partial charge on any atom is 0.133 e. The van der Waals surface area contributed by atoms with Crippen LogP contribution in [0.1, 0.15) is 73.6 Å². The minimum Gasteiger partial charge on any atom is -0.508 e. The molecule has 2 heteroatoms. The molecule has 3 aliphatic carbocycles. The number of benzene rings is 2. The fourth-order valence-electron chi connectivity index (χ4n) is 6.81. The number of carbonyl (C=O) groups is 1. The zero-order valence-electron chi connectivity index (χ0n) is 17.5. The summed E-state index contributed by atoms with van der Waals surface area (Å²) in [6, 6.07) is 14.9. The number of rotatable bonds is 3. The lowest BCUT2D eigenvalue weighted by atomic mass is 9.50. The van der Waals surface area contributed by atoms with Crippen molar-refractivity contribution in [3.05, 3.63) is 64.7 Å². The Kier molecular flexibility index (Phi) is 4.76. The number of ketones is 1. The minimum absolute atomic E-state index is 0.223. The summed E-state index contributed by atoms with van der Waals surface area (Å²) in [6.45, 7) is 2.38. The number of hydrogen-bond donors (Lipinski definition) is 1. The monoisotopic (exact) mass is 388 g/mol. The number of aromatic hydroxyl groups is 1. The number of phenolic OH excluding ortho intramolecular Hbond substituents is 1. The van der Waals surface area contributed by atoms with Crippen LogP contribution in [0.25, 0.3) is 0 Å². The number of phenols is 1. The van der Waals surface area contributed by atoms with Crippen LogP contribution >= 0.6 is 0 Å². The Morgan fingerprint density at radius 1 is 1.03 bits per heavy atom. The molecule has 29 heavy (non-hydrogen) atoms. The van der Waals surface area contributed by atoms with Crippen molar-refractivity contribution in [2.75, 3.05) is 0 Å². The van der Waals surface area contributed by atoms with E-state index < -0.39 is 0 Å².